The Bertz CT molecular complexity index is 967. The summed E-state index contributed by atoms with van der Waals surface area (Å²) in [5.41, 5.74) is 2.15. The molecule has 1 aromatic carbocycles. The third-order valence-electron chi connectivity index (χ3n) is 6.94. The maximum atomic E-state index is 14.6. The van der Waals surface area contributed by atoms with Crippen molar-refractivity contribution in [3.8, 4) is 0 Å². The Hall–Kier alpha value is -2.57. The van der Waals surface area contributed by atoms with Gasteiger partial charge in [0.05, 0.1) is 0 Å². The second kappa shape index (κ2) is 16.0. The lowest BCUT2D eigenvalue weighted by Gasteiger charge is -2.40. The van der Waals surface area contributed by atoms with E-state index >= 15 is 0 Å². The number of alkyl carbamates (subject to hydrolysis) is 1. The second-order valence-electron chi connectivity index (χ2n) is 13.4. The molecule has 0 aliphatic carbocycles. The standard InChI is InChI=1S/C33H57N3O4/c1-13-14-25(8)34-30(37)29(27-18-16-23(6)20-24(27)7)36(26(9)17-15-21(2)3)31(38)28(19-22(4)5)35-32(39)40-33(10,11)12/h16,18,20-22,25-26,28-29H,13-15,17,19H2,1-12H3,(H,34,37)(H,35,39). The zero-order valence-electron chi connectivity index (χ0n) is 27.3. The van der Waals surface area contributed by atoms with Crippen molar-refractivity contribution in [3.05, 3.63) is 34.9 Å². The fourth-order valence-electron chi connectivity index (χ4n) is 5.01. The van der Waals surface area contributed by atoms with Crippen LogP contribution in [0.1, 0.15) is 124 Å². The van der Waals surface area contributed by atoms with Crippen LogP contribution in [0.4, 0.5) is 4.79 Å². The minimum absolute atomic E-state index is 0.0278. The number of ether oxygens (including phenoxy) is 1. The van der Waals surface area contributed by atoms with Crippen molar-refractivity contribution in [1.29, 1.82) is 0 Å². The van der Waals surface area contributed by atoms with Crippen LogP contribution in [0, 0.1) is 25.7 Å². The minimum atomic E-state index is -0.829. The van der Waals surface area contributed by atoms with Crippen LogP contribution in [0.15, 0.2) is 18.2 Å². The van der Waals surface area contributed by atoms with Gasteiger partial charge in [0.15, 0.2) is 0 Å². The highest BCUT2D eigenvalue weighted by molar-refractivity contribution is 5.92. The third kappa shape index (κ3) is 11.9. The van der Waals surface area contributed by atoms with Crippen molar-refractivity contribution in [2.24, 2.45) is 11.8 Å². The van der Waals surface area contributed by atoms with Crippen LogP contribution >= 0.6 is 0 Å². The van der Waals surface area contributed by atoms with Gasteiger partial charge in [-0.2, -0.15) is 0 Å². The maximum Gasteiger partial charge on any atom is 0.408 e. The van der Waals surface area contributed by atoms with Crippen LogP contribution in [-0.4, -0.2) is 46.5 Å². The van der Waals surface area contributed by atoms with Crippen LogP contribution in [0.2, 0.25) is 0 Å². The van der Waals surface area contributed by atoms with E-state index in [1.54, 1.807) is 25.7 Å². The first-order chi connectivity index (χ1) is 18.5. The quantitative estimate of drug-likeness (QED) is 0.251. The van der Waals surface area contributed by atoms with Gasteiger partial charge in [0.1, 0.15) is 17.7 Å². The fraction of sp³-hybridized carbons (Fsp3) is 0.727. The SMILES string of the molecule is CCCC(C)NC(=O)C(c1ccc(C)cc1C)N(C(=O)C(CC(C)C)NC(=O)OC(C)(C)C)C(C)CCC(C)C. The molecule has 0 fully saturated rings. The average molecular weight is 560 g/mol. The van der Waals surface area contributed by atoms with Gasteiger partial charge in [-0.05, 0) is 97.1 Å². The Balaban J connectivity index is 3.71. The first-order valence-electron chi connectivity index (χ1n) is 15.2. The highest BCUT2D eigenvalue weighted by Gasteiger charge is 2.39. The number of amides is 3. The van der Waals surface area contributed by atoms with E-state index in [0.717, 1.165) is 42.4 Å². The predicted octanol–water partition coefficient (Wildman–Crippen LogP) is 7.24. The van der Waals surface area contributed by atoms with Gasteiger partial charge in [0, 0.05) is 12.1 Å². The Labute approximate surface area is 244 Å². The lowest BCUT2D eigenvalue weighted by atomic mass is 9.92. The third-order valence-corrected chi connectivity index (χ3v) is 6.94. The summed E-state index contributed by atoms with van der Waals surface area (Å²) in [5, 5.41) is 6.03. The molecule has 1 aromatic rings. The number of rotatable bonds is 14. The molecule has 3 amide bonds. The van der Waals surface area contributed by atoms with Crippen molar-refractivity contribution in [2.75, 3.05) is 0 Å². The molecule has 2 N–H and O–H groups in total. The molecule has 0 heterocycles. The second-order valence-corrected chi connectivity index (χ2v) is 13.4. The first-order valence-corrected chi connectivity index (χ1v) is 15.2. The van der Waals surface area contributed by atoms with Crippen molar-refractivity contribution < 1.29 is 19.1 Å². The maximum absolute atomic E-state index is 14.6. The molecule has 40 heavy (non-hydrogen) atoms. The van der Waals surface area contributed by atoms with Crippen molar-refractivity contribution in [3.63, 3.8) is 0 Å². The highest BCUT2D eigenvalue weighted by Crippen LogP contribution is 2.31. The molecule has 1 rings (SSSR count). The zero-order valence-corrected chi connectivity index (χ0v) is 27.3. The Kier molecular flexibility index (Phi) is 14.2. The van der Waals surface area contributed by atoms with Gasteiger partial charge in [-0.1, -0.05) is 64.8 Å². The fourth-order valence-corrected chi connectivity index (χ4v) is 5.01. The molecular formula is C33H57N3O4. The van der Waals surface area contributed by atoms with Gasteiger partial charge in [-0.15, -0.1) is 0 Å². The molecule has 0 radical (unpaired) electrons. The minimum Gasteiger partial charge on any atom is -0.444 e. The molecule has 228 valence electrons. The first kappa shape index (κ1) is 35.5. The summed E-state index contributed by atoms with van der Waals surface area (Å²) in [4.78, 5) is 43.2. The van der Waals surface area contributed by atoms with Gasteiger partial charge >= 0.3 is 6.09 Å². The van der Waals surface area contributed by atoms with Crippen molar-refractivity contribution in [2.45, 2.75) is 145 Å². The lowest BCUT2D eigenvalue weighted by molar-refractivity contribution is -0.145. The van der Waals surface area contributed by atoms with Crippen LogP contribution < -0.4 is 10.6 Å². The summed E-state index contributed by atoms with van der Waals surface area (Å²) in [6.45, 7) is 23.9. The Morgan fingerprint density at radius 2 is 1.52 bits per heavy atom. The van der Waals surface area contributed by atoms with Gasteiger partial charge in [-0.25, -0.2) is 4.79 Å². The number of carbonyl (C=O) groups is 3. The monoisotopic (exact) mass is 559 g/mol. The Morgan fingerprint density at radius 3 is 2.02 bits per heavy atom. The summed E-state index contributed by atoms with van der Waals surface area (Å²) in [6, 6.07) is 4.09. The van der Waals surface area contributed by atoms with Crippen LogP contribution in [0.5, 0.6) is 0 Å². The van der Waals surface area contributed by atoms with E-state index in [1.807, 2.05) is 53.7 Å². The largest absolute Gasteiger partial charge is 0.444 e. The zero-order chi connectivity index (χ0) is 30.8. The molecule has 0 aliphatic heterocycles. The van der Waals surface area contributed by atoms with Crippen molar-refractivity contribution >= 4 is 17.9 Å². The summed E-state index contributed by atoms with van der Waals surface area (Å²) < 4.78 is 5.52. The van der Waals surface area contributed by atoms with Gasteiger partial charge in [-0.3, -0.25) is 9.59 Å². The molecule has 7 nitrogen and oxygen atoms in total. The van der Waals surface area contributed by atoms with Crippen LogP contribution in [0.3, 0.4) is 0 Å². The highest BCUT2D eigenvalue weighted by atomic mass is 16.6. The topological polar surface area (TPSA) is 87.7 Å². The number of nitrogens with zero attached hydrogens (tertiary/aromatic N) is 1. The molecule has 0 aliphatic rings. The summed E-state index contributed by atoms with van der Waals surface area (Å²) in [7, 11) is 0. The van der Waals surface area contributed by atoms with E-state index in [0.29, 0.717) is 12.3 Å². The van der Waals surface area contributed by atoms with Gasteiger partial charge in [0.25, 0.3) is 0 Å². The molecule has 4 atom stereocenters. The lowest BCUT2D eigenvalue weighted by Crippen LogP contribution is -2.56. The summed E-state index contributed by atoms with van der Waals surface area (Å²) in [6.07, 6.45) is 3.23. The number of nitrogens with one attached hydrogen (secondary N) is 2. The predicted molar refractivity (Wildman–Crippen MR) is 164 cm³/mol. The average Bonchev–Trinajstić information content (AvgIpc) is 2.79. The van der Waals surface area contributed by atoms with E-state index in [-0.39, 0.29) is 29.8 Å². The number of hydrogen-bond acceptors (Lipinski definition) is 4. The molecule has 0 spiro atoms. The molecule has 7 heteroatoms. The van der Waals surface area contributed by atoms with Gasteiger partial charge in [0.2, 0.25) is 11.8 Å². The molecule has 0 saturated heterocycles. The van der Waals surface area contributed by atoms with E-state index in [9.17, 15) is 14.4 Å². The number of hydrogen-bond donors (Lipinski definition) is 2. The van der Waals surface area contributed by atoms with E-state index in [2.05, 4.69) is 37.5 Å². The molecular weight excluding hydrogens is 502 g/mol. The van der Waals surface area contributed by atoms with Gasteiger partial charge < -0.3 is 20.3 Å². The molecule has 0 bridgehead atoms. The van der Waals surface area contributed by atoms with E-state index in [4.69, 9.17) is 4.74 Å². The van der Waals surface area contributed by atoms with Crippen LogP contribution in [0.25, 0.3) is 0 Å². The molecule has 4 unspecified atom stereocenters. The molecule has 0 aromatic heterocycles. The summed E-state index contributed by atoms with van der Waals surface area (Å²) in [5.74, 6) is 0.121. The summed E-state index contributed by atoms with van der Waals surface area (Å²) >= 11 is 0. The Morgan fingerprint density at radius 1 is 0.900 bits per heavy atom. The number of carbonyl (C=O) groups excluding carboxylic acids is 3. The number of aryl methyl sites for hydroxylation is 2. The smallest absolute Gasteiger partial charge is 0.408 e. The normalized spacial score (nSPS) is 14.8. The van der Waals surface area contributed by atoms with Crippen LogP contribution in [-0.2, 0) is 14.3 Å². The van der Waals surface area contributed by atoms with E-state index in [1.165, 1.54) is 0 Å². The number of benzene rings is 1. The van der Waals surface area contributed by atoms with E-state index < -0.39 is 23.8 Å². The molecule has 0 saturated carbocycles. The van der Waals surface area contributed by atoms with Crippen molar-refractivity contribution in [1.82, 2.24) is 15.5 Å².